The fraction of sp³-hybridized carbons (Fsp3) is 0.714. The first-order valence-corrected chi connectivity index (χ1v) is 8.21. The fourth-order valence-electron chi connectivity index (χ4n) is 3.09. The molecule has 1 aliphatic rings. The van der Waals surface area contributed by atoms with Crippen molar-refractivity contribution in [1.82, 2.24) is 0 Å². The van der Waals surface area contributed by atoms with Crippen molar-refractivity contribution < 1.29 is 0 Å². The van der Waals surface area contributed by atoms with Gasteiger partial charge in [0.05, 0.1) is 0 Å². The Morgan fingerprint density at radius 2 is 2.06 bits per heavy atom. The molecule has 0 atom stereocenters. The van der Waals surface area contributed by atoms with Gasteiger partial charge in [0, 0.05) is 14.2 Å². The molecule has 0 aliphatic heterocycles. The highest BCUT2D eigenvalue weighted by atomic mass is 79.9. The van der Waals surface area contributed by atoms with E-state index in [1.54, 1.807) is 0 Å². The molecule has 0 bridgehead atoms. The summed E-state index contributed by atoms with van der Waals surface area (Å²) in [4.78, 5) is 2.93. The summed E-state index contributed by atoms with van der Waals surface area (Å²) in [7, 11) is 0. The van der Waals surface area contributed by atoms with Crippen LogP contribution in [0.15, 0.2) is 10.5 Å². The Labute approximate surface area is 117 Å². The van der Waals surface area contributed by atoms with Crippen LogP contribution in [0.25, 0.3) is 0 Å². The first-order valence-electron chi connectivity index (χ1n) is 6.60. The monoisotopic (exact) mass is 315 g/mol. The molecule has 0 amide bonds. The lowest BCUT2D eigenvalue weighted by molar-refractivity contribution is 0.254. The quantitative estimate of drug-likeness (QED) is 0.840. The maximum absolute atomic E-state index is 5.79. The van der Waals surface area contributed by atoms with E-state index in [-0.39, 0.29) is 0 Å². The van der Waals surface area contributed by atoms with E-state index >= 15 is 0 Å². The van der Waals surface area contributed by atoms with Crippen LogP contribution in [0.1, 0.15) is 48.3 Å². The first kappa shape index (κ1) is 13.6. The van der Waals surface area contributed by atoms with Gasteiger partial charge < -0.3 is 5.73 Å². The lowest BCUT2D eigenvalue weighted by Gasteiger charge is -2.28. The van der Waals surface area contributed by atoms with Crippen molar-refractivity contribution in [2.45, 2.75) is 51.9 Å². The van der Waals surface area contributed by atoms with E-state index in [4.69, 9.17) is 5.73 Å². The van der Waals surface area contributed by atoms with Crippen molar-refractivity contribution in [2.75, 3.05) is 6.54 Å². The van der Waals surface area contributed by atoms with Crippen LogP contribution in [-0.2, 0) is 6.42 Å². The second kappa shape index (κ2) is 5.85. The number of halogens is 1. The van der Waals surface area contributed by atoms with E-state index < -0.39 is 0 Å². The van der Waals surface area contributed by atoms with Gasteiger partial charge in [0.25, 0.3) is 0 Å². The van der Waals surface area contributed by atoms with Crippen molar-refractivity contribution in [3.8, 4) is 0 Å². The SMILES string of the molecule is Cc1sc(CCC2(CCN)CCCC2)cc1Br. The smallest absolute Gasteiger partial charge is 0.0314 e. The van der Waals surface area contributed by atoms with Gasteiger partial charge in [0.15, 0.2) is 0 Å². The maximum Gasteiger partial charge on any atom is 0.0314 e. The second-order valence-electron chi connectivity index (χ2n) is 5.36. The fourth-order valence-corrected chi connectivity index (χ4v) is 4.69. The lowest BCUT2D eigenvalue weighted by Crippen LogP contribution is -2.21. The van der Waals surface area contributed by atoms with Gasteiger partial charge in [-0.25, -0.2) is 0 Å². The molecule has 1 nitrogen and oxygen atoms in total. The topological polar surface area (TPSA) is 26.0 Å². The van der Waals surface area contributed by atoms with Gasteiger partial charge >= 0.3 is 0 Å². The minimum atomic E-state index is 0.569. The van der Waals surface area contributed by atoms with E-state index in [9.17, 15) is 0 Å². The molecule has 17 heavy (non-hydrogen) atoms. The summed E-state index contributed by atoms with van der Waals surface area (Å²) in [6, 6.07) is 2.30. The predicted octanol–water partition coefficient (Wildman–Crippen LogP) is 4.66. The molecule has 1 saturated carbocycles. The first-order chi connectivity index (χ1) is 8.15. The molecule has 96 valence electrons. The molecule has 2 rings (SSSR count). The van der Waals surface area contributed by atoms with Crippen LogP contribution >= 0.6 is 27.3 Å². The third-order valence-corrected chi connectivity index (χ3v) is 6.35. The Balaban J connectivity index is 1.95. The Kier molecular flexibility index (Phi) is 4.67. The molecule has 0 aromatic carbocycles. The zero-order chi connectivity index (χ0) is 12.3. The minimum absolute atomic E-state index is 0.569. The van der Waals surface area contributed by atoms with Gasteiger partial charge in [-0.15, -0.1) is 11.3 Å². The highest BCUT2D eigenvalue weighted by Gasteiger charge is 2.32. The molecule has 1 aromatic rings. The number of rotatable bonds is 5. The van der Waals surface area contributed by atoms with Crippen molar-refractivity contribution in [2.24, 2.45) is 11.1 Å². The van der Waals surface area contributed by atoms with E-state index in [1.165, 1.54) is 59.2 Å². The molecule has 1 aliphatic carbocycles. The van der Waals surface area contributed by atoms with Crippen LogP contribution < -0.4 is 5.73 Å². The minimum Gasteiger partial charge on any atom is -0.330 e. The van der Waals surface area contributed by atoms with Gasteiger partial charge in [-0.1, -0.05) is 12.8 Å². The highest BCUT2D eigenvalue weighted by molar-refractivity contribution is 9.10. The number of thiophene rings is 1. The number of hydrogen-bond acceptors (Lipinski definition) is 2. The Bertz CT molecular complexity index is 347. The molecule has 3 heteroatoms. The van der Waals surface area contributed by atoms with Crippen molar-refractivity contribution >= 4 is 27.3 Å². The van der Waals surface area contributed by atoms with Crippen molar-refractivity contribution in [3.05, 3.63) is 20.3 Å². The van der Waals surface area contributed by atoms with E-state index in [0.717, 1.165) is 6.54 Å². The summed E-state index contributed by atoms with van der Waals surface area (Å²) in [5.41, 5.74) is 6.35. The Morgan fingerprint density at radius 3 is 2.59 bits per heavy atom. The maximum atomic E-state index is 5.79. The Hall–Kier alpha value is 0.140. The van der Waals surface area contributed by atoms with Crippen LogP contribution in [0, 0.1) is 12.3 Å². The van der Waals surface area contributed by atoms with Gasteiger partial charge in [0.1, 0.15) is 0 Å². The highest BCUT2D eigenvalue weighted by Crippen LogP contribution is 2.45. The average Bonchev–Trinajstić information content (AvgIpc) is 2.86. The molecule has 1 heterocycles. The van der Waals surface area contributed by atoms with E-state index in [1.807, 2.05) is 11.3 Å². The van der Waals surface area contributed by atoms with Crippen LogP contribution in [0.5, 0.6) is 0 Å². The molecular weight excluding hydrogens is 294 g/mol. The average molecular weight is 316 g/mol. The molecule has 2 N–H and O–H groups in total. The lowest BCUT2D eigenvalue weighted by atomic mass is 9.78. The molecule has 0 unspecified atom stereocenters. The van der Waals surface area contributed by atoms with Gasteiger partial charge in [-0.2, -0.15) is 0 Å². The third kappa shape index (κ3) is 3.33. The second-order valence-corrected chi connectivity index (χ2v) is 7.56. The number of hydrogen-bond donors (Lipinski definition) is 1. The Morgan fingerprint density at radius 1 is 1.35 bits per heavy atom. The largest absolute Gasteiger partial charge is 0.330 e. The van der Waals surface area contributed by atoms with Gasteiger partial charge in [-0.3, -0.25) is 0 Å². The van der Waals surface area contributed by atoms with Crippen LogP contribution in [0.4, 0.5) is 0 Å². The molecule has 0 saturated heterocycles. The standard InChI is InChI=1S/C14H22BrNS/c1-11-13(15)10-12(17-11)4-7-14(8-9-16)5-2-3-6-14/h10H,2-9,16H2,1H3. The molecule has 1 aromatic heterocycles. The number of aryl methyl sites for hydroxylation is 2. The summed E-state index contributed by atoms with van der Waals surface area (Å²) in [5.74, 6) is 0. The number of nitrogens with two attached hydrogens (primary N) is 1. The summed E-state index contributed by atoms with van der Waals surface area (Å²) >= 11 is 5.54. The van der Waals surface area contributed by atoms with Crippen molar-refractivity contribution in [1.29, 1.82) is 0 Å². The van der Waals surface area contributed by atoms with Crippen LogP contribution in [-0.4, -0.2) is 6.54 Å². The molecule has 0 spiro atoms. The van der Waals surface area contributed by atoms with E-state index in [2.05, 4.69) is 28.9 Å². The van der Waals surface area contributed by atoms with Gasteiger partial charge in [-0.05, 0) is 73.0 Å². The molecule has 1 fully saturated rings. The summed E-state index contributed by atoms with van der Waals surface area (Å²) < 4.78 is 1.27. The zero-order valence-corrected chi connectivity index (χ0v) is 13.0. The van der Waals surface area contributed by atoms with E-state index in [0.29, 0.717) is 5.41 Å². The summed E-state index contributed by atoms with van der Waals surface area (Å²) in [6.07, 6.45) is 9.40. The molecule has 0 radical (unpaired) electrons. The molecular formula is C14H22BrNS. The summed E-state index contributed by atoms with van der Waals surface area (Å²) in [6.45, 7) is 3.04. The van der Waals surface area contributed by atoms with Crippen LogP contribution in [0.3, 0.4) is 0 Å². The van der Waals surface area contributed by atoms with Gasteiger partial charge in [0.2, 0.25) is 0 Å². The third-order valence-electron chi connectivity index (χ3n) is 4.15. The van der Waals surface area contributed by atoms with Crippen LogP contribution in [0.2, 0.25) is 0 Å². The van der Waals surface area contributed by atoms with Crippen molar-refractivity contribution in [3.63, 3.8) is 0 Å². The normalized spacial score (nSPS) is 18.8. The summed E-state index contributed by atoms with van der Waals surface area (Å²) in [5, 5.41) is 0. The zero-order valence-electron chi connectivity index (χ0n) is 10.6. The predicted molar refractivity (Wildman–Crippen MR) is 79.6 cm³/mol.